The van der Waals surface area contributed by atoms with Gasteiger partial charge in [-0.1, -0.05) is 24.3 Å². The monoisotopic (exact) mass is 493 g/mol. The zero-order valence-electron chi connectivity index (χ0n) is 19.2. The van der Waals surface area contributed by atoms with Crippen LogP contribution in [0.15, 0.2) is 54.7 Å². The molecule has 0 atom stereocenters. The van der Waals surface area contributed by atoms with Gasteiger partial charge >= 0.3 is 5.97 Å². The average Bonchev–Trinajstić information content (AvgIpc) is 3.15. The highest BCUT2D eigenvalue weighted by Crippen LogP contribution is 2.24. The number of ether oxygens (including phenoxy) is 2. The molecule has 3 aromatic rings. The van der Waals surface area contributed by atoms with Gasteiger partial charge in [-0.25, -0.2) is 0 Å². The summed E-state index contributed by atoms with van der Waals surface area (Å²) in [7, 11) is 1.71. The molecule has 0 bridgehead atoms. The molecular weight excluding hydrogens is 461 g/mol. The highest BCUT2D eigenvalue weighted by atomic mass is 35.5. The second kappa shape index (κ2) is 12.7. The first kappa shape index (κ1) is 26.8. The lowest BCUT2D eigenvalue weighted by atomic mass is 10.1. The van der Waals surface area contributed by atoms with Crippen molar-refractivity contribution in [2.45, 2.75) is 19.9 Å². The van der Waals surface area contributed by atoms with Crippen LogP contribution in [-0.2, 0) is 22.5 Å². The van der Waals surface area contributed by atoms with Gasteiger partial charge in [-0.2, -0.15) is 0 Å². The fraction of sp³-hybridized carbons (Fsp3) is 0.400. The third-order valence-electron chi connectivity index (χ3n) is 5.96. The van der Waals surface area contributed by atoms with E-state index in [1.807, 2.05) is 29.7 Å². The van der Waals surface area contributed by atoms with Gasteiger partial charge in [-0.15, -0.1) is 24.8 Å². The molecule has 1 saturated heterocycles. The molecule has 33 heavy (non-hydrogen) atoms. The molecule has 2 heterocycles. The Bertz CT molecular complexity index is 1030. The molecule has 1 fully saturated rings. The van der Waals surface area contributed by atoms with E-state index >= 15 is 0 Å². The topological polar surface area (TPSA) is 46.9 Å². The molecule has 2 aromatic carbocycles. The quantitative estimate of drug-likeness (QED) is 0.434. The van der Waals surface area contributed by atoms with Crippen molar-refractivity contribution in [2.75, 3.05) is 51.3 Å². The zero-order chi connectivity index (χ0) is 21.6. The number of anilines is 1. The van der Waals surface area contributed by atoms with E-state index < -0.39 is 0 Å². The molecule has 1 aliphatic heterocycles. The summed E-state index contributed by atoms with van der Waals surface area (Å²) >= 11 is 0. The molecule has 0 spiro atoms. The number of hydrogen-bond acceptors (Lipinski definition) is 5. The SMILES string of the molecule is CCOC(=O)Cn1cc(CCN2CCN(c3cccc(OC)c3)CC2)c2ccccc21.Cl.Cl. The van der Waals surface area contributed by atoms with Crippen LogP contribution < -0.4 is 9.64 Å². The number of esters is 1. The Morgan fingerprint density at radius 3 is 2.48 bits per heavy atom. The molecule has 0 radical (unpaired) electrons. The summed E-state index contributed by atoms with van der Waals surface area (Å²) < 4.78 is 12.5. The molecule has 180 valence electrons. The van der Waals surface area contributed by atoms with Crippen molar-refractivity contribution in [2.24, 2.45) is 0 Å². The molecule has 0 N–H and O–H groups in total. The first-order valence-electron chi connectivity index (χ1n) is 11.0. The first-order valence-corrected chi connectivity index (χ1v) is 11.0. The molecule has 0 amide bonds. The van der Waals surface area contributed by atoms with Crippen LogP contribution in [0.5, 0.6) is 5.75 Å². The van der Waals surface area contributed by atoms with Crippen molar-refractivity contribution in [1.29, 1.82) is 0 Å². The highest BCUT2D eigenvalue weighted by Gasteiger charge is 2.18. The van der Waals surface area contributed by atoms with Crippen molar-refractivity contribution in [3.8, 4) is 5.75 Å². The largest absolute Gasteiger partial charge is 0.497 e. The Morgan fingerprint density at radius 1 is 1.00 bits per heavy atom. The van der Waals surface area contributed by atoms with Crippen molar-refractivity contribution in [1.82, 2.24) is 9.47 Å². The van der Waals surface area contributed by atoms with Crippen molar-refractivity contribution in [3.63, 3.8) is 0 Å². The summed E-state index contributed by atoms with van der Waals surface area (Å²) in [5, 5.41) is 1.22. The third-order valence-corrected chi connectivity index (χ3v) is 5.96. The van der Waals surface area contributed by atoms with Crippen LogP contribution in [0.25, 0.3) is 10.9 Å². The normalized spacial score (nSPS) is 13.8. The molecule has 8 heteroatoms. The molecule has 6 nitrogen and oxygen atoms in total. The first-order chi connectivity index (χ1) is 15.2. The predicted molar refractivity (Wildman–Crippen MR) is 138 cm³/mol. The lowest BCUT2D eigenvalue weighted by Gasteiger charge is -2.36. The van der Waals surface area contributed by atoms with E-state index in [2.05, 4.69) is 46.3 Å². The van der Waals surface area contributed by atoms with Crippen LogP contribution in [0.1, 0.15) is 12.5 Å². The lowest BCUT2D eigenvalue weighted by Crippen LogP contribution is -2.47. The number of halogens is 2. The van der Waals surface area contributed by atoms with Crippen LogP contribution in [-0.4, -0.2) is 61.9 Å². The van der Waals surface area contributed by atoms with Crippen molar-refractivity contribution >= 4 is 47.4 Å². The number of carbonyl (C=O) groups excluding carboxylic acids is 1. The molecule has 0 saturated carbocycles. The summed E-state index contributed by atoms with van der Waals surface area (Å²) in [6, 6.07) is 16.6. The number of para-hydroxylation sites is 1. The van der Waals surface area contributed by atoms with E-state index in [1.54, 1.807) is 7.11 Å². The Labute approximate surface area is 208 Å². The second-order valence-electron chi connectivity index (χ2n) is 7.88. The minimum absolute atomic E-state index is 0. The summed E-state index contributed by atoms with van der Waals surface area (Å²) in [5.74, 6) is 0.711. The summed E-state index contributed by atoms with van der Waals surface area (Å²) in [6.07, 6.45) is 3.09. The lowest BCUT2D eigenvalue weighted by molar-refractivity contribution is -0.143. The number of benzene rings is 2. The van der Waals surface area contributed by atoms with E-state index in [0.717, 1.165) is 50.4 Å². The van der Waals surface area contributed by atoms with E-state index in [0.29, 0.717) is 6.61 Å². The number of piperazine rings is 1. The van der Waals surface area contributed by atoms with Gasteiger partial charge in [-0.05, 0) is 37.1 Å². The smallest absolute Gasteiger partial charge is 0.325 e. The Balaban J connectivity index is 0.00000193. The maximum Gasteiger partial charge on any atom is 0.325 e. The summed E-state index contributed by atoms with van der Waals surface area (Å²) in [4.78, 5) is 16.9. The third kappa shape index (κ3) is 6.56. The molecular formula is C25H33Cl2N3O3. The van der Waals surface area contributed by atoms with Gasteiger partial charge in [0.15, 0.2) is 0 Å². The number of carbonyl (C=O) groups is 1. The number of fused-ring (bicyclic) bond motifs is 1. The van der Waals surface area contributed by atoms with Crippen LogP contribution in [0, 0.1) is 0 Å². The van der Waals surface area contributed by atoms with E-state index in [4.69, 9.17) is 9.47 Å². The molecule has 4 rings (SSSR count). The average molecular weight is 494 g/mol. The molecule has 0 aliphatic carbocycles. The predicted octanol–water partition coefficient (Wildman–Crippen LogP) is 4.42. The van der Waals surface area contributed by atoms with Gasteiger partial charge in [0.1, 0.15) is 12.3 Å². The number of methoxy groups -OCH3 is 1. The molecule has 0 unspecified atom stereocenters. The van der Waals surface area contributed by atoms with Gasteiger partial charge in [-0.3, -0.25) is 9.69 Å². The Morgan fingerprint density at radius 2 is 1.76 bits per heavy atom. The van der Waals surface area contributed by atoms with Crippen LogP contribution >= 0.6 is 24.8 Å². The minimum atomic E-state index is -0.191. The number of hydrogen-bond donors (Lipinski definition) is 0. The second-order valence-corrected chi connectivity index (χ2v) is 7.88. The zero-order valence-corrected chi connectivity index (χ0v) is 20.9. The molecule has 1 aliphatic rings. The van der Waals surface area contributed by atoms with Gasteiger partial charge < -0.3 is 18.9 Å². The van der Waals surface area contributed by atoms with Crippen molar-refractivity contribution in [3.05, 3.63) is 60.3 Å². The molecule has 1 aromatic heterocycles. The maximum atomic E-state index is 12.0. The minimum Gasteiger partial charge on any atom is -0.497 e. The van der Waals surface area contributed by atoms with Gasteiger partial charge in [0.2, 0.25) is 0 Å². The fourth-order valence-electron chi connectivity index (χ4n) is 4.31. The van der Waals surface area contributed by atoms with Crippen molar-refractivity contribution < 1.29 is 14.3 Å². The maximum absolute atomic E-state index is 12.0. The number of aromatic nitrogens is 1. The van der Waals surface area contributed by atoms with Gasteiger partial charge in [0.05, 0.1) is 13.7 Å². The number of rotatable bonds is 8. The van der Waals surface area contributed by atoms with E-state index in [1.165, 1.54) is 16.6 Å². The fourth-order valence-corrected chi connectivity index (χ4v) is 4.31. The van der Waals surface area contributed by atoms with Gasteiger partial charge in [0.25, 0.3) is 0 Å². The van der Waals surface area contributed by atoms with E-state index in [-0.39, 0.29) is 37.3 Å². The standard InChI is InChI=1S/C25H31N3O3.2ClH/c1-3-31-25(29)19-28-18-20(23-9-4-5-10-24(23)28)11-12-26-13-15-27(16-14-26)21-7-6-8-22(17-21)30-2;;/h4-10,17-18H,3,11-16,19H2,1-2H3;2*1H. The summed E-state index contributed by atoms with van der Waals surface area (Å²) in [6.45, 7) is 7.62. The highest BCUT2D eigenvalue weighted by molar-refractivity contribution is 5.86. The number of nitrogens with zero attached hydrogens (tertiary/aromatic N) is 3. The van der Waals surface area contributed by atoms with E-state index in [9.17, 15) is 4.79 Å². The van der Waals surface area contributed by atoms with Gasteiger partial charge in [0, 0.05) is 61.6 Å². The Kier molecular flexibility index (Phi) is 10.4. The summed E-state index contributed by atoms with van der Waals surface area (Å²) in [5.41, 5.74) is 3.60. The van der Waals surface area contributed by atoms with Crippen LogP contribution in [0.4, 0.5) is 5.69 Å². The Hall–Kier alpha value is -2.41. The van der Waals surface area contributed by atoms with Crippen LogP contribution in [0.3, 0.4) is 0 Å². The van der Waals surface area contributed by atoms with Crippen LogP contribution in [0.2, 0.25) is 0 Å².